The number of nitrogens with one attached hydrogen (secondary N) is 1. The molecule has 1 unspecified atom stereocenters. The number of amides is 1. The Morgan fingerprint density at radius 1 is 1.25 bits per heavy atom. The van der Waals surface area contributed by atoms with Crippen molar-refractivity contribution in [3.8, 4) is 5.88 Å². The molecule has 2 fully saturated rings. The first-order chi connectivity index (χ1) is 19.0. The van der Waals surface area contributed by atoms with E-state index >= 15 is 0 Å². The number of nitrogens with zero attached hydrogens (tertiary/aromatic N) is 6. The van der Waals surface area contributed by atoms with E-state index < -0.39 is 11.7 Å². The van der Waals surface area contributed by atoms with Gasteiger partial charge in [-0.2, -0.15) is 5.10 Å². The molecule has 40 heavy (non-hydrogen) atoms. The summed E-state index contributed by atoms with van der Waals surface area (Å²) < 4.78 is 18.7. The molecule has 2 saturated heterocycles. The molecule has 3 aromatic heterocycles. The third-order valence-corrected chi connectivity index (χ3v) is 8.51. The zero-order chi connectivity index (χ0) is 28.5. The molecule has 13 heteroatoms. The molecular weight excluding hydrogens is 554 g/mol. The average molecular weight is 590 g/mol. The maximum atomic E-state index is 12.4. The van der Waals surface area contributed by atoms with Gasteiger partial charge >= 0.3 is 6.09 Å². The predicted molar refractivity (Wildman–Crippen MR) is 153 cm³/mol. The van der Waals surface area contributed by atoms with Crippen molar-refractivity contribution < 1.29 is 19.0 Å². The van der Waals surface area contributed by atoms with Crippen molar-refractivity contribution in [2.75, 3.05) is 31.7 Å². The van der Waals surface area contributed by atoms with Gasteiger partial charge in [-0.1, -0.05) is 23.4 Å². The molecule has 11 nitrogen and oxygen atoms in total. The molecule has 1 amide bonds. The number of aromatic nitrogens is 5. The molecule has 5 rings (SSSR count). The minimum atomic E-state index is -0.539. The van der Waals surface area contributed by atoms with Crippen molar-refractivity contribution in [3.05, 3.63) is 23.5 Å². The summed E-state index contributed by atoms with van der Waals surface area (Å²) in [6.45, 7) is 9.76. The van der Waals surface area contributed by atoms with Crippen molar-refractivity contribution in [2.24, 2.45) is 0 Å². The normalized spacial score (nSPS) is 19.4. The van der Waals surface area contributed by atoms with Crippen molar-refractivity contribution in [1.29, 1.82) is 0 Å². The van der Waals surface area contributed by atoms with E-state index in [0.717, 1.165) is 42.8 Å². The number of anilines is 1. The quantitative estimate of drug-likeness (QED) is 0.388. The summed E-state index contributed by atoms with van der Waals surface area (Å²) in [5, 5.41) is 9.08. The molecule has 0 aliphatic carbocycles. The lowest BCUT2D eigenvalue weighted by Crippen LogP contribution is -2.54. The minimum absolute atomic E-state index is 0.208. The first kappa shape index (κ1) is 28.7. The van der Waals surface area contributed by atoms with Crippen LogP contribution in [0.15, 0.2) is 28.4 Å². The Kier molecular flexibility index (Phi) is 8.30. The Bertz CT molecular complexity index is 1360. The van der Waals surface area contributed by atoms with Gasteiger partial charge in [0.05, 0.1) is 13.3 Å². The van der Waals surface area contributed by atoms with Crippen molar-refractivity contribution >= 4 is 46.4 Å². The Morgan fingerprint density at radius 2 is 2.02 bits per heavy atom. The van der Waals surface area contributed by atoms with Gasteiger partial charge in [0, 0.05) is 36.3 Å². The second-order valence-electron chi connectivity index (χ2n) is 11.4. The summed E-state index contributed by atoms with van der Waals surface area (Å²) in [7, 11) is 1.54. The van der Waals surface area contributed by atoms with E-state index in [9.17, 15) is 4.79 Å². The van der Waals surface area contributed by atoms with Crippen molar-refractivity contribution in [3.63, 3.8) is 0 Å². The number of carbonyl (C=O) groups excluding carboxylic acids is 1. The number of ether oxygens (including phenoxy) is 3. The maximum Gasteiger partial charge on any atom is 0.408 e. The fourth-order valence-electron chi connectivity index (χ4n) is 4.85. The molecule has 0 bridgehead atoms. The molecule has 1 atom stereocenters. The summed E-state index contributed by atoms with van der Waals surface area (Å²) in [5.74, 6) is 1.13. The molecule has 3 aromatic rings. The standard InChI is InChI=1S/C27H36ClN7O4S/c1-26(2,3)39-25(36)32-27(4)10-13-34(14-11-27)18-16-30-21-22(31-18)35(19-8-6-7-15-38-19)33-24(21)40-17-9-12-29-23(37-5)20(17)28/h9,12,16,19H,6-8,10-11,13-15H2,1-5H3,(H,32,36). The van der Waals surface area contributed by atoms with Crippen LogP contribution in [0.1, 0.15) is 66.0 Å². The number of carbonyl (C=O) groups is 1. The highest BCUT2D eigenvalue weighted by molar-refractivity contribution is 7.99. The monoisotopic (exact) mass is 589 g/mol. The van der Waals surface area contributed by atoms with Gasteiger partial charge in [-0.3, -0.25) is 0 Å². The first-order valence-electron chi connectivity index (χ1n) is 13.5. The molecule has 0 saturated carbocycles. The number of rotatable bonds is 6. The Hall–Kier alpha value is -2.83. The number of piperidine rings is 1. The highest BCUT2D eigenvalue weighted by Crippen LogP contribution is 2.40. The second kappa shape index (κ2) is 11.6. The van der Waals surface area contributed by atoms with Crippen LogP contribution in [0.4, 0.5) is 10.6 Å². The smallest absolute Gasteiger partial charge is 0.408 e. The van der Waals surface area contributed by atoms with Gasteiger partial charge in [0.15, 0.2) is 16.9 Å². The molecule has 1 N–H and O–H groups in total. The summed E-state index contributed by atoms with van der Waals surface area (Å²) >= 11 is 7.93. The van der Waals surface area contributed by atoms with Crippen LogP contribution in [0.5, 0.6) is 5.88 Å². The predicted octanol–water partition coefficient (Wildman–Crippen LogP) is 5.62. The van der Waals surface area contributed by atoms with E-state index in [2.05, 4.69) is 22.1 Å². The number of alkyl carbamates (subject to hydrolysis) is 1. The van der Waals surface area contributed by atoms with Gasteiger partial charge in [-0.15, -0.1) is 0 Å². The Balaban J connectivity index is 1.39. The van der Waals surface area contributed by atoms with Gasteiger partial charge in [0.2, 0.25) is 5.88 Å². The fraction of sp³-hybridized carbons (Fsp3) is 0.593. The number of hydrogen-bond donors (Lipinski definition) is 1. The summed E-state index contributed by atoms with van der Waals surface area (Å²) in [4.78, 5) is 29.4. The zero-order valence-corrected chi connectivity index (χ0v) is 25.1. The third-order valence-electron chi connectivity index (χ3n) is 7.00. The lowest BCUT2D eigenvalue weighted by Gasteiger charge is -2.40. The SMILES string of the molecule is COc1nccc(Sc2nn(C3CCCCO3)c3nc(N4CCC(C)(NC(=O)OC(C)(C)C)CC4)cnc23)c1Cl. The van der Waals surface area contributed by atoms with Crippen LogP contribution in [0, 0.1) is 0 Å². The molecule has 0 aromatic carbocycles. The van der Waals surface area contributed by atoms with E-state index in [1.54, 1.807) is 12.4 Å². The molecule has 2 aliphatic heterocycles. The molecule has 2 aliphatic rings. The van der Waals surface area contributed by atoms with Gasteiger partial charge in [-0.25, -0.2) is 24.4 Å². The van der Waals surface area contributed by atoms with Crippen LogP contribution in [0.25, 0.3) is 11.2 Å². The number of halogens is 1. The van der Waals surface area contributed by atoms with E-state index in [4.69, 9.17) is 40.9 Å². The van der Waals surface area contributed by atoms with Crippen LogP contribution in [0.2, 0.25) is 5.02 Å². The van der Waals surface area contributed by atoms with Crippen molar-refractivity contribution in [2.45, 2.75) is 87.1 Å². The fourth-order valence-corrected chi connectivity index (χ4v) is 6.04. The molecule has 0 spiro atoms. The van der Waals surface area contributed by atoms with E-state index in [0.29, 0.717) is 46.8 Å². The molecule has 0 radical (unpaired) electrons. The van der Waals surface area contributed by atoms with E-state index in [1.807, 2.05) is 31.5 Å². The van der Waals surface area contributed by atoms with Crippen LogP contribution in [-0.2, 0) is 9.47 Å². The Labute approximate surface area is 243 Å². The van der Waals surface area contributed by atoms with Crippen molar-refractivity contribution in [1.82, 2.24) is 30.0 Å². The van der Waals surface area contributed by atoms with E-state index in [-0.39, 0.29) is 11.8 Å². The lowest BCUT2D eigenvalue weighted by atomic mass is 9.90. The lowest BCUT2D eigenvalue weighted by molar-refractivity contribution is -0.0376. The van der Waals surface area contributed by atoms with Gasteiger partial charge in [-0.05, 0) is 65.9 Å². The van der Waals surface area contributed by atoms with Gasteiger partial charge < -0.3 is 24.4 Å². The first-order valence-corrected chi connectivity index (χ1v) is 14.7. The molecular formula is C27H36ClN7O4S. The highest BCUT2D eigenvalue weighted by Gasteiger charge is 2.34. The maximum absolute atomic E-state index is 12.4. The number of methoxy groups -OCH3 is 1. The van der Waals surface area contributed by atoms with Gasteiger partial charge in [0.1, 0.15) is 22.0 Å². The van der Waals surface area contributed by atoms with Crippen LogP contribution >= 0.6 is 23.4 Å². The highest BCUT2D eigenvalue weighted by atomic mass is 35.5. The van der Waals surface area contributed by atoms with Crippen LogP contribution in [0.3, 0.4) is 0 Å². The molecule has 5 heterocycles. The topological polar surface area (TPSA) is 117 Å². The molecule has 216 valence electrons. The number of fused-ring (bicyclic) bond motifs is 1. The number of pyridine rings is 1. The van der Waals surface area contributed by atoms with Crippen LogP contribution in [-0.4, -0.2) is 68.8 Å². The summed E-state index contributed by atoms with van der Waals surface area (Å²) in [6, 6.07) is 1.83. The van der Waals surface area contributed by atoms with Crippen LogP contribution < -0.4 is 15.0 Å². The summed E-state index contributed by atoms with van der Waals surface area (Å²) in [6.07, 6.45) is 7.30. The minimum Gasteiger partial charge on any atom is -0.480 e. The second-order valence-corrected chi connectivity index (χ2v) is 12.8. The Morgan fingerprint density at radius 3 is 2.70 bits per heavy atom. The largest absolute Gasteiger partial charge is 0.480 e. The zero-order valence-electron chi connectivity index (χ0n) is 23.6. The van der Waals surface area contributed by atoms with E-state index in [1.165, 1.54) is 18.9 Å². The average Bonchev–Trinajstić information content (AvgIpc) is 3.27. The summed E-state index contributed by atoms with van der Waals surface area (Å²) in [5.41, 5.74) is 0.457. The van der Waals surface area contributed by atoms with Gasteiger partial charge in [0.25, 0.3) is 0 Å². The third kappa shape index (κ3) is 6.39. The number of hydrogen-bond acceptors (Lipinski definition) is 10.